The summed E-state index contributed by atoms with van der Waals surface area (Å²) in [5.41, 5.74) is 1.76. The number of hydrogen-bond acceptors (Lipinski definition) is 7. The van der Waals surface area contributed by atoms with Crippen LogP contribution in [0, 0.1) is 16.7 Å². The zero-order valence-electron chi connectivity index (χ0n) is 18.3. The average molecular weight is 418 g/mol. The Bertz CT molecular complexity index is 1110. The molecule has 1 saturated heterocycles. The van der Waals surface area contributed by atoms with E-state index in [-0.39, 0.29) is 17.7 Å². The summed E-state index contributed by atoms with van der Waals surface area (Å²) in [6.07, 6.45) is 3.40. The summed E-state index contributed by atoms with van der Waals surface area (Å²) in [5.74, 6) is 1.03. The van der Waals surface area contributed by atoms with Gasteiger partial charge in [-0.15, -0.1) is 0 Å². The molecule has 1 aliphatic heterocycles. The number of pyridine rings is 1. The van der Waals surface area contributed by atoms with Gasteiger partial charge in [0.2, 0.25) is 11.7 Å². The lowest BCUT2D eigenvalue weighted by atomic mass is 9.62. The minimum Gasteiger partial charge on any atom is -0.380 e. The second-order valence-corrected chi connectivity index (χ2v) is 9.03. The molecule has 160 valence electrons. The van der Waals surface area contributed by atoms with Gasteiger partial charge < -0.3 is 14.5 Å². The Morgan fingerprint density at radius 2 is 1.94 bits per heavy atom. The van der Waals surface area contributed by atoms with Gasteiger partial charge in [0.05, 0.1) is 6.07 Å². The molecular weight excluding hydrogens is 390 g/mol. The molecule has 31 heavy (non-hydrogen) atoms. The minimum absolute atomic E-state index is 0.0522. The van der Waals surface area contributed by atoms with Crippen LogP contribution in [0.1, 0.15) is 49.3 Å². The van der Waals surface area contributed by atoms with Crippen LogP contribution in [0.15, 0.2) is 47.2 Å². The fourth-order valence-electron chi connectivity index (χ4n) is 4.62. The zero-order chi connectivity index (χ0) is 22.2. The summed E-state index contributed by atoms with van der Waals surface area (Å²) < 4.78 is 5.14. The summed E-state index contributed by atoms with van der Waals surface area (Å²) >= 11 is 0. The van der Waals surface area contributed by atoms with Gasteiger partial charge in [-0.1, -0.05) is 50.2 Å². The van der Waals surface area contributed by atoms with Crippen molar-refractivity contribution in [1.29, 1.82) is 5.26 Å². The Kier molecular flexibility index (Phi) is 5.38. The largest absolute Gasteiger partial charge is 0.380 e. The molecular formula is C24H27N5O2. The van der Waals surface area contributed by atoms with Crippen LogP contribution in [0.2, 0.25) is 0 Å². The molecule has 4 rings (SSSR count). The summed E-state index contributed by atoms with van der Waals surface area (Å²) in [4.78, 5) is 10.9. The second-order valence-electron chi connectivity index (χ2n) is 9.03. The van der Waals surface area contributed by atoms with Crippen molar-refractivity contribution in [2.24, 2.45) is 5.41 Å². The summed E-state index contributed by atoms with van der Waals surface area (Å²) in [6.45, 7) is 7.93. The Labute approximate surface area is 182 Å². The highest BCUT2D eigenvalue weighted by Gasteiger charge is 2.55. The van der Waals surface area contributed by atoms with E-state index in [0.29, 0.717) is 22.9 Å². The van der Waals surface area contributed by atoms with Gasteiger partial charge in [0.1, 0.15) is 12.0 Å². The van der Waals surface area contributed by atoms with E-state index in [4.69, 9.17) is 9.78 Å². The standard InChI is InChI=1S/C24H27N5O2/c1-16(2)17-5-7-19(8-6-17)24(30,23(3)14-29(4)15-23)20-11-18(12-26-13-20)22-27-21(9-10-25)31-28-22/h5-8,11-13,16,30H,9,14-15H2,1-4H3. The Hall–Kier alpha value is -3.08. The molecule has 3 aromatic rings. The Morgan fingerprint density at radius 1 is 1.23 bits per heavy atom. The van der Waals surface area contributed by atoms with Crippen molar-refractivity contribution in [3.63, 3.8) is 0 Å². The number of hydrogen-bond donors (Lipinski definition) is 1. The highest BCUT2D eigenvalue weighted by molar-refractivity contribution is 5.56. The first-order valence-corrected chi connectivity index (χ1v) is 10.4. The smallest absolute Gasteiger partial charge is 0.241 e. The molecule has 3 heterocycles. The Balaban J connectivity index is 1.80. The molecule has 7 heteroatoms. The van der Waals surface area contributed by atoms with E-state index in [1.807, 2.05) is 24.3 Å². The molecule has 0 radical (unpaired) electrons. The molecule has 0 amide bonds. The predicted octanol–water partition coefficient (Wildman–Crippen LogP) is 3.51. The van der Waals surface area contributed by atoms with Crippen molar-refractivity contribution >= 4 is 0 Å². The number of nitriles is 1. The highest BCUT2D eigenvalue weighted by Crippen LogP contribution is 2.50. The summed E-state index contributed by atoms with van der Waals surface area (Å²) in [5, 5.41) is 25.1. The van der Waals surface area contributed by atoms with Gasteiger partial charge in [-0.25, -0.2) is 0 Å². The Morgan fingerprint density at radius 3 is 2.55 bits per heavy atom. The first-order chi connectivity index (χ1) is 14.8. The van der Waals surface area contributed by atoms with Crippen LogP contribution in [0.3, 0.4) is 0 Å². The van der Waals surface area contributed by atoms with Gasteiger partial charge in [0.15, 0.2) is 0 Å². The van der Waals surface area contributed by atoms with Gasteiger partial charge in [0.25, 0.3) is 0 Å². The molecule has 0 bridgehead atoms. The van der Waals surface area contributed by atoms with Gasteiger partial charge in [-0.3, -0.25) is 4.98 Å². The number of rotatable bonds is 6. The molecule has 1 atom stereocenters. The van der Waals surface area contributed by atoms with E-state index in [1.165, 1.54) is 5.56 Å². The van der Waals surface area contributed by atoms with Crippen LogP contribution < -0.4 is 0 Å². The lowest BCUT2D eigenvalue weighted by molar-refractivity contribution is -0.127. The van der Waals surface area contributed by atoms with E-state index in [9.17, 15) is 5.11 Å². The maximum atomic E-state index is 12.3. The lowest BCUT2D eigenvalue weighted by Crippen LogP contribution is -2.63. The molecule has 0 spiro atoms. The fourth-order valence-corrected chi connectivity index (χ4v) is 4.62. The quantitative estimate of drug-likeness (QED) is 0.655. The van der Waals surface area contributed by atoms with Crippen LogP contribution >= 0.6 is 0 Å². The van der Waals surface area contributed by atoms with Crippen molar-refractivity contribution < 1.29 is 9.63 Å². The summed E-state index contributed by atoms with van der Waals surface area (Å²) in [6, 6.07) is 12.1. The molecule has 7 nitrogen and oxygen atoms in total. The van der Waals surface area contributed by atoms with Crippen molar-refractivity contribution in [2.75, 3.05) is 20.1 Å². The minimum atomic E-state index is -1.24. The number of aliphatic hydroxyl groups is 1. The molecule has 1 fully saturated rings. The number of nitrogens with zero attached hydrogens (tertiary/aromatic N) is 5. The molecule has 0 saturated carbocycles. The van der Waals surface area contributed by atoms with E-state index < -0.39 is 5.60 Å². The predicted molar refractivity (Wildman–Crippen MR) is 116 cm³/mol. The SMILES string of the molecule is CC(C)c1ccc(C(O)(c2cncc(-c3noc(CC#N)n3)c2)C2(C)CN(C)C2)cc1. The molecule has 1 N–H and O–H groups in total. The molecule has 1 aliphatic rings. The molecule has 1 aromatic carbocycles. The molecule has 0 aliphatic carbocycles. The molecule has 1 unspecified atom stereocenters. The van der Waals surface area contributed by atoms with Gasteiger partial charge >= 0.3 is 0 Å². The first-order valence-electron chi connectivity index (χ1n) is 10.4. The van der Waals surface area contributed by atoms with Gasteiger partial charge in [0, 0.05) is 42.0 Å². The number of aromatic nitrogens is 3. The third-order valence-corrected chi connectivity index (χ3v) is 6.22. The normalized spacial score (nSPS) is 17.7. The van der Waals surface area contributed by atoms with E-state index in [0.717, 1.165) is 18.7 Å². The van der Waals surface area contributed by atoms with Gasteiger partial charge in [-0.2, -0.15) is 10.2 Å². The van der Waals surface area contributed by atoms with Crippen LogP contribution in [0.5, 0.6) is 0 Å². The van der Waals surface area contributed by atoms with E-state index >= 15 is 0 Å². The monoisotopic (exact) mass is 417 g/mol. The maximum absolute atomic E-state index is 12.3. The number of benzene rings is 1. The van der Waals surface area contributed by atoms with Crippen LogP contribution in [0.4, 0.5) is 0 Å². The van der Waals surface area contributed by atoms with Crippen LogP contribution in [-0.4, -0.2) is 45.3 Å². The van der Waals surface area contributed by atoms with Gasteiger partial charge in [-0.05, 0) is 30.2 Å². The van der Waals surface area contributed by atoms with Crippen molar-refractivity contribution in [3.8, 4) is 17.5 Å². The van der Waals surface area contributed by atoms with Crippen molar-refractivity contribution in [3.05, 3.63) is 65.3 Å². The van der Waals surface area contributed by atoms with E-state index in [2.05, 4.69) is 60.0 Å². The van der Waals surface area contributed by atoms with Crippen LogP contribution in [-0.2, 0) is 12.0 Å². The van der Waals surface area contributed by atoms with E-state index in [1.54, 1.807) is 12.4 Å². The first kappa shape index (κ1) is 21.2. The topological polar surface area (TPSA) is 99.1 Å². The summed E-state index contributed by atoms with van der Waals surface area (Å²) in [7, 11) is 2.05. The second kappa shape index (κ2) is 7.88. The fraction of sp³-hybridized carbons (Fsp3) is 0.417. The third-order valence-electron chi connectivity index (χ3n) is 6.22. The van der Waals surface area contributed by atoms with Crippen LogP contribution in [0.25, 0.3) is 11.4 Å². The molecule has 2 aromatic heterocycles. The maximum Gasteiger partial charge on any atom is 0.241 e. The lowest BCUT2D eigenvalue weighted by Gasteiger charge is -2.55. The van der Waals surface area contributed by atoms with Crippen molar-refractivity contribution in [2.45, 2.75) is 38.7 Å². The average Bonchev–Trinajstić information content (AvgIpc) is 3.21. The third kappa shape index (κ3) is 3.62. The van der Waals surface area contributed by atoms with Crippen molar-refractivity contribution in [1.82, 2.24) is 20.0 Å². The number of likely N-dealkylation sites (tertiary alicyclic amines) is 1. The highest BCUT2D eigenvalue weighted by atomic mass is 16.5. The zero-order valence-corrected chi connectivity index (χ0v) is 18.3.